The van der Waals surface area contributed by atoms with E-state index in [2.05, 4.69) is 5.10 Å². The first-order valence-electron chi connectivity index (χ1n) is 9.35. The molecule has 2 atom stereocenters. The van der Waals surface area contributed by atoms with Crippen LogP contribution in [0.5, 0.6) is 0 Å². The molecule has 0 aliphatic carbocycles. The van der Waals surface area contributed by atoms with Crippen molar-refractivity contribution in [1.82, 2.24) is 9.78 Å². The second-order valence-corrected chi connectivity index (χ2v) is 7.80. The third-order valence-corrected chi connectivity index (χ3v) is 5.76. The van der Waals surface area contributed by atoms with Crippen LogP contribution in [0.25, 0.3) is 6.08 Å². The van der Waals surface area contributed by atoms with Crippen LogP contribution < -0.4 is 4.90 Å². The van der Waals surface area contributed by atoms with E-state index in [0.717, 1.165) is 22.5 Å². The molecule has 1 aliphatic rings. The van der Waals surface area contributed by atoms with Crippen molar-refractivity contribution in [2.24, 2.45) is 5.41 Å². The van der Waals surface area contributed by atoms with E-state index in [1.165, 1.54) is 13.8 Å². The topological polar surface area (TPSA) is 41.3 Å². The summed E-state index contributed by atoms with van der Waals surface area (Å²) < 4.78 is 43.4. The molecule has 2 unspecified atom stereocenters. The first-order valence-corrected chi connectivity index (χ1v) is 9.35. The Bertz CT molecular complexity index is 870. The van der Waals surface area contributed by atoms with Crippen molar-refractivity contribution in [3.63, 3.8) is 0 Å². The van der Waals surface area contributed by atoms with Crippen LogP contribution >= 0.6 is 0 Å². The van der Waals surface area contributed by atoms with Crippen molar-refractivity contribution in [3.8, 4) is 0 Å². The molecule has 0 spiro atoms. The number of hydrogen-bond acceptors (Lipinski definition) is 3. The molecule has 1 aliphatic heterocycles. The van der Waals surface area contributed by atoms with E-state index < -0.39 is 17.6 Å². The van der Waals surface area contributed by atoms with Gasteiger partial charge in [-0.25, -0.2) is 0 Å². The molecule has 2 heterocycles. The van der Waals surface area contributed by atoms with Crippen LogP contribution in [0.1, 0.15) is 43.6 Å². The number of rotatable bonds is 5. The van der Waals surface area contributed by atoms with Gasteiger partial charge in [0.25, 0.3) is 0 Å². The summed E-state index contributed by atoms with van der Waals surface area (Å²) in [5.41, 5.74) is 1.41. The number of benzene rings is 1. The molecule has 1 N–H and O–H groups in total. The monoisotopic (exact) mass is 393 g/mol. The maximum atomic E-state index is 13.9. The lowest BCUT2D eigenvalue weighted by Gasteiger charge is -2.47. The van der Waals surface area contributed by atoms with E-state index in [1.807, 2.05) is 43.0 Å². The molecule has 0 saturated heterocycles. The first-order chi connectivity index (χ1) is 13.1. The summed E-state index contributed by atoms with van der Waals surface area (Å²) in [5, 5.41) is 13.5. The van der Waals surface area contributed by atoms with Crippen molar-refractivity contribution in [3.05, 3.63) is 53.4 Å². The van der Waals surface area contributed by atoms with E-state index in [1.54, 1.807) is 23.0 Å². The molecule has 3 rings (SSSR count). The molecule has 1 aromatic carbocycles. The Morgan fingerprint density at radius 1 is 1.21 bits per heavy atom. The second-order valence-electron chi connectivity index (χ2n) is 7.80. The quantitative estimate of drug-likeness (QED) is 0.798. The van der Waals surface area contributed by atoms with Gasteiger partial charge in [-0.2, -0.15) is 18.3 Å². The minimum atomic E-state index is -4.36. The van der Waals surface area contributed by atoms with Gasteiger partial charge < -0.3 is 10.0 Å². The molecule has 0 bridgehead atoms. The summed E-state index contributed by atoms with van der Waals surface area (Å²) >= 11 is 0. The van der Waals surface area contributed by atoms with Crippen molar-refractivity contribution < 1.29 is 18.3 Å². The van der Waals surface area contributed by atoms with Crippen LogP contribution in [-0.2, 0) is 6.54 Å². The largest absolute Gasteiger partial charge is 0.396 e. The summed E-state index contributed by atoms with van der Waals surface area (Å²) in [7, 11) is 0. The number of halogens is 3. The van der Waals surface area contributed by atoms with Crippen molar-refractivity contribution in [1.29, 1.82) is 0 Å². The molecule has 152 valence electrons. The SMILES string of the molecule is Cc1c(C(C)N2c3ccccc3C=CC2C(C)(C)C(F)(F)F)cnn1CCO. The lowest BCUT2D eigenvalue weighted by molar-refractivity contribution is -0.215. The molecule has 0 radical (unpaired) electrons. The smallest absolute Gasteiger partial charge is 0.394 e. The highest BCUT2D eigenvalue weighted by atomic mass is 19.4. The first kappa shape index (κ1) is 20.5. The number of anilines is 1. The van der Waals surface area contributed by atoms with Gasteiger partial charge in [-0.1, -0.05) is 30.4 Å². The highest BCUT2D eigenvalue weighted by Crippen LogP contribution is 2.48. The van der Waals surface area contributed by atoms with Gasteiger partial charge in [0.2, 0.25) is 0 Å². The molecule has 0 amide bonds. The summed E-state index contributed by atoms with van der Waals surface area (Å²) in [5.74, 6) is 0. The van der Waals surface area contributed by atoms with Crippen molar-refractivity contribution >= 4 is 11.8 Å². The van der Waals surface area contributed by atoms with E-state index in [-0.39, 0.29) is 12.6 Å². The van der Waals surface area contributed by atoms with Crippen LogP contribution in [0, 0.1) is 12.3 Å². The molecule has 1 aromatic heterocycles. The van der Waals surface area contributed by atoms with Gasteiger partial charge in [-0.05, 0) is 39.3 Å². The Morgan fingerprint density at radius 2 is 1.89 bits per heavy atom. The van der Waals surface area contributed by atoms with Gasteiger partial charge in [0.15, 0.2) is 0 Å². The zero-order valence-corrected chi connectivity index (χ0v) is 16.5. The van der Waals surface area contributed by atoms with Gasteiger partial charge >= 0.3 is 6.18 Å². The molecule has 0 saturated carbocycles. The number of para-hydroxylation sites is 1. The average molecular weight is 393 g/mol. The fraction of sp³-hybridized carbons (Fsp3) is 0.476. The number of hydrogen-bond donors (Lipinski definition) is 1. The lowest BCUT2D eigenvalue weighted by atomic mass is 9.79. The minimum Gasteiger partial charge on any atom is -0.394 e. The molecule has 4 nitrogen and oxygen atoms in total. The van der Waals surface area contributed by atoms with Crippen molar-refractivity contribution in [2.75, 3.05) is 11.5 Å². The third-order valence-electron chi connectivity index (χ3n) is 5.76. The van der Waals surface area contributed by atoms with Crippen LogP contribution in [0.2, 0.25) is 0 Å². The van der Waals surface area contributed by atoms with Crippen LogP contribution in [-0.4, -0.2) is 33.7 Å². The second kappa shape index (κ2) is 7.28. The highest BCUT2D eigenvalue weighted by Gasteiger charge is 2.54. The maximum Gasteiger partial charge on any atom is 0.396 e. The van der Waals surface area contributed by atoms with Gasteiger partial charge in [0.1, 0.15) is 0 Å². The number of aliphatic hydroxyl groups is 1. The standard InChI is InChI=1S/C21H26F3N3O/c1-14-17(13-25-26(14)11-12-28)15(2)27-18-8-6-5-7-16(18)9-10-19(27)20(3,4)21(22,23)24/h5-10,13,15,19,28H,11-12H2,1-4H3. The van der Waals surface area contributed by atoms with Gasteiger partial charge in [0, 0.05) is 16.9 Å². The maximum absolute atomic E-state index is 13.9. The highest BCUT2D eigenvalue weighted by molar-refractivity contribution is 5.73. The molecular weight excluding hydrogens is 367 g/mol. The van der Waals surface area contributed by atoms with E-state index in [9.17, 15) is 18.3 Å². The summed E-state index contributed by atoms with van der Waals surface area (Å²) in [4.78, 5) is 1.84. The van der Waals surface area contributed by atoms with E-state index in [4.69, 9.17) is 0 Å². The normalized spacial score (nSPS) is 18.3. The Balaban J connectivity index is 2.11. The van der Waals surface area contributed by atoms with E-state index in [0.29, 0.717) is 6.54 Å². The Labute approximate surface area is 163 Å². The number of aliphatic hydroxyl groups excluding tert-OH is 1. The van der Waals surface area contributed by atoms with Gasteiger partial charge in [-0.15, -0.1) is 0 Å². The van der Waals surface area contributed by atoms with Crippen molar-refractivity contribution in [2.45, 2.75) is 52.5 Å². The van der Waals surface area contributed by atoms with Gasteiger partial charge in [-0.3, -0.25) is 4.68 Å². The van der Waals surface area contributed by atoms with Crippen LogP contribution in [0.4, 0.5) is 18.9 Å². The fourth-order valence-corrected chi connectivity index (χ4v) is 3.85. The molecule has 0 fully saturated rings. The predicted octanol–water partition coefficient (Wildman–Crippen LogP) is 4.74. The summed E-state index contributed by atoms with van der Waals surface area (Å²) in [6.45, 7) is 6.59. The van der Waals surface area contributed by atoms with Gasteiger partial charge in [0.05, 0.1) is 36.8 Å². The Kier molecular flexibility index (Phi) is 5.32. The molecular formula is C21H26F3N3O. The predicted molar refractivity (Wildman–Crippen MR) is 104 cm³/mol. The number of aromatic nitrogens is 2. The minimum absolute atomic E-state index is 0.0463. The molecule has 28 heavy (non-hydrogen) atoms. The Morgan fingerprint density at radius 3 is 2.54 bits per heavy atom. The zero-order chi connectivity index (χ0) is 20.7. The summed E-state index contributed by atoms with van der Waals surface area (Å²) in [6, 6.07) is 6.30. The number of alkyl halides is 3. The third kappa shape index (κ3) is 3.32. The van der Waals surface area contributed by atoms with Crippen LogP contribution in [0.3, 0.4) is 0 Å². The zero-order valence-electron chi connectivity index (χ0n) is 16.5. The summed E-state index contributed by atoms with van der Waals surface area (Å²) in [6.07, 6.45) is 0.759. The Hall–Kier alpha value is -2.28. The lowest BCUT2D eigenvalue weighted by Crippen LogP contribution is -2.53. The molecule has 7 heteroatoms. The number of nitrogens with zero attached hydrogens (tertiary/aromatic N) is 3. The average Bonchev–Trinajstić information content (AvgIpc) is 3.00. The number of fused-ring (bicyclic) bond motifs is 1. The molecule has 2 aromatic rings. The van der Waals surface area contributed by atoms with E-state index >= 15 is 0 Å². The fourth-order valence-electron chi connectivity index (χ4n) is 3.85. The van der Waals surface area contributed by atoms with Crippen LogP contribution in [0.15, 0.2) is 36.5 Å².